The summed E-state index contributed by atoms with van der Waals surface area (Å²) in [6.07, 6.45) is 1.32. The first-order valence-corrected chi connectivity index (χ1v) is 5.54. The van der Waals surface area contributed by atoms with Crippen molar-refractivity contribution in [1.29, 1.82) is 0 Å². The van der Waals surface area contributed by atoms with Crippen molar-refractivity contribution >= 4 is 11.8 Å². The van der Waals surface area contributed by atoms with Gasteiger partial charge in [0.15, 0.2) is 0 Å². The van der Waals surface area contributed by atoms with Crippen molar-refractivity contribution in [3.8, 4) is 0 Å². The molecule has 1 atom stereocenters. The fraction of sp³-hybridized carbons (Fsp3) is 0.385. The molecule has 1 saturated heterocycles. The Labute approximate surface area is 95.1 Å². The van der Waals surface area contributed by atoms with Crippen LogP contribution in [0.25, 0.3) is 0 Å². The van der Waals surface area contributed by atoms with Gasteiger partial charge in [-0.25, -0.2) is 0 Å². The normalized spacial score (nSPS) is 20.9. The minimum Gasteiger partial charge on any atom is -0.283 e. The number of benzene rings is 1. The van der Waals surface area contributed by atoms with E-state index in [0.29, 0.717) is 13.0 Å². The fourth-order valence-corrected chi connectivity index (χ4v) is 2.18. The van der Waals surface area contributed by atoms with E-state index in [9.17, 15) is 9.59 Å². The van der Waals surface area contributed by atoms with Crippen LogP contribution in [-0.4, -0.2) is 23.3 Å². The average molecular weight is 217 g/mol. The lowest BCUT2D eigenvalue weighted by Gasteiger charge is -2.29. The van der Waals surface area contributed by atoms with Gasteiger partial charge in [0.2, 0.25) is 11.8 Å². The molecule has 1 fully saturated rings. The van der Waals surface area contributed by atoms with E-state index in [1.54, 1.807) is 0 Å². The van der Waals surface area contributed by atoms with E-state index in [4.69, 9.17) is 0 Å². The van der Waals surface area contributed by atoms with E-state index in [-0.39, 0.29) is 17.7 Å². The Morgan fingerprint density at radius 2 is 2.00 bits per heavy atom. The molecule has 0 N–H and O–H groups in total. The number of hydrogen-bond acceptors (Lipinski definition) is 2. The Hall–Kier alpha value is -1.64. The van der Waals surface area contributed by atoms with Gasteiger partial charge in [-0.1, -0.05) is 30.3 Å². The van der Waals surface area contributed by atoms with Crippen molar-refractivity contribution in [3.05, 3.63) is 35.9 Å². The molecule has 1 aromatic carbocycles. The lowest BCUT2D eigenvalue weighted by Crippen LogP contribution is -2.41. The van der Waals surface area contributed by atoms with Crippen LogP contribution < -0.4 is 0 Å². The van der Waals surface area contributed by atoms with Gasteiger partial charge >= 0.3 is 0 Å². The predicted octanol–water partition coefficient (Wildman–Crippen LogP) is 1.94. The lowest BCUT2D eigenvalue weighted by atomic mass is 9.89. The van der Waals surface area contributed by atoms with Crippen molar-refractivity contribution in [2.75, 3.05) is 6.54 Å². The molecule has 2 amide bonds. The van der Waals surface area contributed by atoms with Crippen molar-refractivity contribution in [1.82, 2.24) is 4.90 Å². The summed E-state index contributed by atoms with van der Waals surface area (Å²) in [5.41, 5.74) is 1.19. The van der Waals surface area contributed by atoms with Crippen molar-refractivity contribution in [2.45, 2.75) is 25.7 Å². The highest BCUT2D eigenvalue weighted by Gasteiger charge is 2.28. The third kappa shape index (κ3) is 2.13. The minimum absolute atomic E-state index is 0.0485. The van der Waals surface area contributed by atoms with E-state index in [2.05, 4.69) is 0 Å². The molecule has 1 aromatic rings. The number of imide groups is 1. The second-order valence-corrected chi connectivity index (χ2v) is 4.16. The topological polar surface area (TPSA) is 37.4 Å². The number of amides is 2. The molecule has 16 heavy (non-hydrogen) atoms. The average Bonchev–Trinajstić information content (AvgIpc) is 2.29. The Bertz CT molecular complexity index is 400. The number of rotatable bonds is 1. The summed E-state index contributed by atoms with van der Waals surface area (Å²) in [6, 6.07) is 10.0. The van der Waals surface area contributed by atoms with Crippen LogP contribution in [0, 0.1) is 0 Å². The molecule has 1 unspecified atom stereocenters. The van der Waals surface area contributed by atoms with Crippen LogP contribution in [0.4, 0.5) is 0 Å². The van der Waals surface area contributed by atoms with Crippen molar-refractivity contribution < 1.29 is 9.59 Å². The number of piperidine rings is 1. The number of hydrogen-bond donors (Lipinski definition) is 0. The van der Waals surface area contributed by atoms with Crippen LogP contribution in [0.15, 0.2) is 30.3 Å². The second-order valence-electron chi connectivity index (χ2n) is 4.16. The van der Waals surface area contributed by atoms with Gasteiger partial charge in [-0.2, -0.15) is 0 Å². The highest BCUT2D eigenvalue weighted by molar-refractivity contribution is 5.95. The highest BCUT2D eigenvalue weighted by Crippen LogP contribution is 2.28. The first kappa shape index (κ1) is 10.9. The van der Waals surface area contributed by atoms with Gasteiger partial charge < -0.3 is 0 Å². The number of nitrogens with zero attached hydrogens (tertiary/aromatic N) is 1. The zero-order valence-electron chi connectivity index (χ0n) is 9.35. The van der Waals surface area contributed by atoms with Gasteiger partial charge in [-0.15, -0.1) is 0 Å². The Morgan fingerprint density at radius 1 is 1.31 bits per heavy atom. The van der Waals surface area contributed by atoms with Gasteiger partial charge in [0.05, 0.1) is 0 Å². The van der Waals surface area contributed by atoms with Crippen LogP contribution in [0.1, 0.15) is 31.2 Å². The summed E-state index contributed by atoms with van der Waals surface area (Å²) in [5, 5.41) is 0. The van der Waals surface area contributed by atoms with Crippen LogP contribution in [-0.2, 0) is 9.59 Å². The molecule has 1 aliphatic heterocycles. The maximum Gasteiger partial charge on any atom is 0.229 e. The molecule has 0 aromatic heterocycles. The van der Waals surface area contributed by atoms with Gasteiger partial charge in [0, 0.05) is 19.9 Å². The van der Waals surface area contributed by atoms with Crippen LogP contribution in [0.5, 0.6) is 0 Å². The van der Waals surface area contributed by atoms with Crippen LogP contribution >= 0.6 is 0 Å². The second kappa shape index (κ2) is 4.47. The largest absolute Gasteiger partial charge is 0.283 e. The summed E-state index contributed by atoms with van der Waals surface area (Å²) < 4.78 is 0. The summed E-state index contributed by atoms with van der Waals surface area (Å²) in [4.78, 5) is 24.2. The first-order valence-electron chi connectivity index (χ1n) is 5.54. The molecule has 3 nitrogen and oxygen atoms in total. The van der Waals surface area contributed by atoms with E-state index < -0.39 is 0 Å². The summed E-state index contributed by atoms with van der Waals surface area (Å²) in [6.45, 7) is 1.99. The van der Waals surface area contributed by atoms with E-state index in [0.717, 1.165) is 6.42 Å². The fourth-order valence-electron chi connectivity index (χ4n) is 2.18. The highest BCUT2D eigenvalue weighted by atomic mass is 16.2. The van der Waals surface area contributed by atoms with E-state index in [1.165, 1.54) is 17.4 Å². The molecule has 0 aliphatic carbocycles. The smallest absolute Gasteiger partial charge is 0.229 e. The number of likely N-dealkylation sites (tertiary alicyclic amines) is 1. The van der Waals surface area contributed by atoms with E-state index >= 15 is 0 Å². The lowest BCUT2D eigenvalue weighted by molar-refractivity contribution is -0.145. The molecule has 0 bridgehead atoms. The maximum atomic E-state index is 11.7. The third-order valence-corrected chi connectivity index (χ3v) is 3.07. The Kier molecular flexibility index (Phi) is 3.04. The van der Waals surface area contributed by atoms with Gasteiger partial charge in [0.1, 0.15) is 0 Å². The monoisotopic (exact) mass is 217 g/mol. The molecule has 3 heteroatoms. The first-order chi connectivity index (χ1) is 7.68. The van der Waals surface area contributed by atoms with E-state index in [1.807, 2.05) is 30.3 Å². The molecule has 2 rings (SSSR count). The third-order valence-electron chi connectivity index (χ3n) is 3.07. The number of carbonyl (C=O) groups is 2. The van der Waals surface area contributed by atoms with Crippen LogP contribution in [0.2, 0.25) is 0 Å². The SMILES string of the molecule is CC(=O)N1CCC(c2ccccc2)CC1=O. The Morgan fingerprint density at radius 3 is 2.56 bits per heavy atom. The van der Waals surface area contributed by atoms with Crippen molar-refractivity contribution in [2.24, 2.45) is 0 Å². The summed E-state index contributed by atoms with van der Waals surface area (Å²) in [5.74, 6) is 0.0772. The summed E-state index contributed by atoms with van der Waals surface area (Å²) >= 11 is 0. The number of carbonyl (C=O) groups excluding carboxylic acids is 2. The standard InChI is InChI=1S/C13H15NO2/c1-10(15)14-8-7-12(9-13(14)16)11-5-3-2-4-6-11/h2-6,12H,7-9H2,1H3. The molecular weight excluding hydrogens is 202 g/mol. The minimum atomic E-state index is -0.142. The van der Waals surface area contributed by atoms with Gasteiger partial charge in [-0.3, -0.25) is 14.5 Å². The summed E-state index contributed by atoms with van der Waals surface area (Å²) in [7, 11) is 0. The van der Waals surface area contributed by atoms with Gasteiger partial charge in [0.25, 0.3) is 0 Å². The molecular formula is C13H15NO2. The van der Waals surface area contributed by atoms with Gasteiger partial charge in [-0.05, 0) is 17.9 Å². The maximum absolute atomic E-state index is 11.7. The molecule has 84 valence electrons. The quantitative estimate of drug-likeness (QED) is 0.721. The van der Waals surface area contributed by atoms with Crippen LogP contribution in [0.3, 0.4) is 0 Å². The molecule has 1 heterocycles. The molecule has 0 spiro atoms. The predicted molar refractivity (Wildman–Crippen MR) is 60.8 cm³/mol. The molecule has 1 aliphatic rings. The Balaban J connectivity index is 2.08. The molecule has 0 saturated carbocycles. The zero-order valence-corrected chi connectivity index (χ0v) is 9.35. The molecule has 0 radical (unpaired) electrons. The van der Waals surface area contributed by atoms with Crippen molar-refractivity contribution in [3.63, 3.8) is 0 Å². The zero-order chi connectivity index (χ0) is 11.5.